The summed E-state index contributed by atoms with van der Waals surface area (Å²) >= 11 is 1.70. The van der Waals surface area contributed by atoms with Gasteiger partial charge in [-0.2, -0.15) is 5.26 Å². The second-order valence-corrected chi connectivity index (χ2v) is 8.07. The van der Waals surface area contributed by atoms with Crippen LogP contribution < -0.4 is 10.6 Å². The average molecular weight is 343 g/mol. The molecule has 2 fully saturated rings. The fourth-order valence-corrected chi connectivity index (χ4v) is 4.89. The van der Waals surface area contributed by atoms with Crippen LogP contribution in [0, 0.1) is 37.0 Å². The molecule has 1 aromatic carbocycles. The van der Waals surface area contributed by atoms with E-state index in [4.69, 9.17) is 0 Å². The molecule has 1 aromatic rings. The fraction of sp³-hybridized carbons (Fsp3) is 0.579. The van der Waals surface area contributed by atoms with Gasteiger partial charge in [0.15, 0.2) is 0 Å². The van der Waals surface area contributed by atoms with E-state index in [9.17, 15) is 10.1 Å². The lowest BCUT2D eigenvalue weighted by Gasteiger charge is -2.37. The van der Waals surface area contributed by atoms with Crippen molar-refractivity contribution >= 4 is 17.7 Å². The van der Waals surface area contributed by atoms with Crippen molar-refractivity contribution in [3.05, 3.63) is 34.9 Å². The summed E-state index contributed by atoms with van der Waals surface area (Å²) in [5.74, 6) is 0.613. The van der Waals surface area contributed by atoms with Gasteiger partial charge in [0.25, 0.3) is 0 Å². The molecular formula is C19H25N3OS. The molecule has 1 aliphatic carbocycles. The van der Waals surface area contributed by atoms with Gasteiger partial charge < -0.3 is 5.32 Å². The molecule has 0 aromatic heterocycles. The van der Waals surface area contributed by atoms with E-state index in [1.54, 1.807) is 11.8 Å². The predicted molar refractivity (Wildman–Crippen MR) is 97.1 cm³/mol. The van der Waals surface area contributed by atoms with Gasteiger partial charge in [0.05, 0.1) is 6.07 Å². The molecule has 3 unspecified atom stereocenters. The molecule has 0 radical (unpaired) electrons. The van der Waals surface area contributed by atoms with E-state index in [1.807, 2.05) is 0 Å². The summed E-state index contributed by atoms with van der Waals surface area (Å²) in [6.45, 7) is 4.22. The maximum atomic E-state index is 12.3. The highest BCUT2D eigenvalue weighted by molar-refractivity contribution is 7.99. The molecule has 5 heteroatoms. The lowest BCUT2D eigenvalue weighted by Crippen LogP contribution is -2.61. The Morgan fingerprint density at radius 3 is 2.75 bits per heavy atom. The van der Waals surface area contributed by atoms with Crippen molar-refractivity contribution in [3.63, 3.8) is 0 Å². The molecule has 0 bridgehead atoms. The Kier molecular flexibility index (Phi) is 5.47. The number of nitriles is 1. The summed E-state index contributed by atoms with van der Waals surface area (Å²) in [7, 11) is 0. The summed E-state index contributed by atoms with van der Waals surface area (Å²) in [5.41, 5.74) is 3.71. The zero-order valence-electron chi connectivity index (χ0n) is 14.3. The van der Waals surface area contributed by atoms with Crippen molar-refractivity contribution in [2.24, 2.45) is 11.8 Å². The van der Waals surface area contributed by atoms with Gasteiger partial charge in [-0.05, 0) is 43.7 Å². The van der Waals surface area contributed by atoms with Crippen LogP contribution in [0.25, 0.3) is 0 Å². The molecule has 2 N–H and O–H groups in total. The second kappa shape index (κ2) is 7.58. The minimum Gasteiger partial charge on any atom is -0.331 e. The topological polar surface area (TPSA) is 64.9 Å². The lowest BCUT2D eigenvalue weighted by atomic mass is 9.86. The van der Waals surface area contributed by atoms with Crippen LogP contribution >= 0.6 is 11.8 Å². The fourth-order valence-electron chi connectivity index (χ4n) is 3.78. The number of carbonyl (C=O) groups excluding carboxylic acids is 1. The van der Waals surface area contributed by atoms with Gasteiger partial charge in [-0.1, -0.05) is 36.6 Å². The van der Waals surface area contributed by atoms with Crippen LogP contribution in [-0.2, 0) is 10.5 Å². The molecule has 1 saturated heterocycles. The first kappa shape index (κ1) is 17.3. The van der Waals surface area contributed by atoms with Gasteiger partial charge in [-0.3, -0.25) is 10.1 Å². The highest BCUT2D eigenvalue weighted by Crippen LogP contribution is 2.33. The Balaban J connectivity index is 1.67. The molecular weight excluding hydrogens is 318 g/mol. The number of rotatable bonds is 4. The number of nitrogens with one attached hydrogen (secondary N) is 2. The Morgan fingerprint density at radius 2 is 2.04 bits per heavy atom. The van der Waals surface area contributed by atoms with Crippen LogP contribution in [0.5, 0.6) is 0 Å². The Labute approximate surface area is 148 Å². The first-order valence-electron chi connectivity index (χ1n) is 8.72. The molecule has 3 rings (SSSR count). The van der Waals surface area contributed by atoms with Crippen LogP contribution in [0.15, 0.2) is 18.2 Å². The van der Waals surface area contributed by atoms with E-state index in [0.717, 1.165) is 18.6 Å². The molecule has 2 aliphatic rings. The smallest absolute Gasteiger partial charge is 0.240 e. The lowest BCUT2D eigenvalue weighted by molar-refractivity contribution is -0.127. The van der Waals surface area contributed by atoms with Gasteiger partial charge in [-0.25, -0.2) is 0 Å². The van der Waals surface area contributed by atoms with Crippen molar-refractivity contribution in [1.29, 1.82) is 5.26 Å². The molecule has 24 heavy (non-hydrogen) atoms. The first-order valence-corrected chi connectivity index (χ1v) is 9.77. The van der Waals surface area contributed by atoms with Crippen molar-refractivity contribution < 1.29 is 4.79 Å². The van der Waals surface area contributed by atoms with Crippen LogP contribution in [0.2, 0.25) is 0 Å². The number of hydrogen-bond acceptors (Lipinski definition) is 4. The Hall–Kier alpha value is -1.51. The van der Waals surface area contributed by atoms with Crippen LogP contribution in [0.3, 0.4) is 0 Å². The summed E-state index contributed by atoms with van der Waals surface area (Å²) in [5, 5.41) is 15.9. The zero-order chi connectivity index (χ0) is 17.1. The van der Waals surface area contributed by atoms with Crippen LogP contribution in [-0.4, -0.2) is 17.4 Å². The highest BCUT2D eigenvalue weighted by atomic mass is 32.2. The second-order valence-electron chi connectivity index (χ2n) is 6.97. The van der Waals surface area contributed by atoms with Crippen molar-refractivity contribution in [3.8, 4) is 6.07 Å². The molecule has 1 aliphatic heterocycles. The quantitative estimate of drug-likeness (QED) is 0.881. The minimum absolute atomic E-state index is 0.0117. The largest absolute Gasteiger partial charge is 0.331 e. The molecule has 0 spiro atoms. The third kappa shape index (κ3) is 3.76. The van der Waals surface area contributed by atoms with E-state index in [-0.39, 0.29) is 17.4 Å². The summed E-state index contributed by atoms with van der Waals surface area (Å²) in [6.07, 6.45) is 4.67. The first-order chi connectivity index (χ1) is 11.6. The number of hydrogen-bond donors (Lipinski definition) is 2. The molecule has 1 saturated carbocycles. The van der Waals surface area contributed by atoms with Crippen molar-refractivity contribution in [2.75, 3.05) is 0 Å². The zero-order valence-corrected chi connectivity index (χ0v) is 15.2. The Morgan fingerprint density at radius 1 is 1.29 bits per heavy atom. The number of nitrogens with zero attached hydrogens (tertiary/aromatic N) is 1. The monoisotopic (exact) mass is 343 g/mol. The number of aryl methyl sites for hydroxylation is 2. The Bertz CT molecular complexity index is 649. The molecule has 1 heterocycles. The van der Waals surface area contributed by atoms with E-state index in [2.05, 4.69) is 48.7 Å². The number of thioether (sulfide) groups is 1. The van der Waals surface area contributed by atoms with Crippen molar-refractivity contribution in [1.82, 2.24) is 10.6 Å². The number of carbonyl (C=O) groups is 1. The minimum atomic E-state index is -0.564. The third-order valence-corrected chi connectivity index (χ3v) is 6.28. The third-order valence-electron chi connectivity index (χ3n) is 5.22. The average Bonchev–Trinajstić information content (AvgIpc) is 3.09. The van der Waals surface area contributed by atoms with Gasteiger partial charge in [0.2, 0.25) is 5.91 Å². The van der Waals surface area contributed by atoms with Gasteiger partial charge in [-0.15, -0.1) is 11.8 Å². The van der Waals surface area contributed by atoms with E-state index in [0.29, 0.717) is 5.92 Å². The van der Waals surface area contributed by atoms with Gasteiger partial charge >= 0.3 is 0 Å². The maximum absolute atomic E-state index is 12.3. The standard InChI is InChI=1S/C19H25N3OS/c1-12-7-8-13(2)15(9-12)11-24-19-21-17(14-5-3-4-6-14)16(10-20)18(23)22-19/h7-9,14,16-17,19,21H,3-6,11H2,1-2H3,(H,22,23). The summed E-state index contributed by atoms with van der Waals surface area (Å²) in [6, 6.07) is 8.67. The molecule has 4 nitrogen and oxygen atoms in total. The van der Waals surface area contributed by atoms with Crippen molar-refractivity contribution in [2.45, 2.75) is 56.8 Å². The summed E-state index contributed by atoms with van der Waals surface area (Å²) in [4.78, 5) is 12.3. The van der Waals surface area contributed by atoms with E-state index in [1.165, 1.54) is 29.5 Å². The highest BCUT2D eigenvalue weighted by Gasteiger charge is 2.41. The van der Waals surface area contributed by atoms with E-state index < -0.39 is 5.92 Å². The van der Waals surface area contributed by atoms with E-state index >= 15 is 0 Å². The van der Waals surface area contributed by atoms with Crippen LogP contribution in [0.4, 0.5) is 0 Å². The van der Waals surface area contributed by atoms with Gasteiger partial charge in [0.1, 0.15) is 11.4 Å². The number of amides is 1. The normalized spacial score (nSPS) is 27.7. The maximum Gasteiger partial charge on any atom is 0.240 e. The van der Waals surface area contributed by atoms with Gasteiger partial charge in [0, 0.05) is 11.8 Å². The number of benzene rings is 1. The molecule has 3 atom stereocenters. The summed E-state index contributed by atoms with van der Waals surface area (Å²) < 4.78 is 0. The molecule has 1 amide bonds. The molecule has 128 valence electrons. The predicted octanol–water partition coefficient (Wildman–Crippen LogP) is 3.24. The van der Waals surface area contributed by atoms with Crippen LogP contribution in [0.1, 0.15) is 42.4 Å². The SMILES string of the molecule is Cc1ccc(C)c(CSC2NC(=O)C(C#N)C(C3CCCC3)N2)c1.